The second kappa shape index (κ2) is 6.96. The van der Waals surface area contributed by atoms with Crippen molar-refractivity contribution in [3.63, 3.8) is 0 Å². The quantitative estimate of drug-likeness (QED) is 0.739. The van der Waals surface area contributed by atoms with Crippen LogP contribution in [0, 0.1) is 0 Å². The minimum Gasteiger partial charge on any atom is -0.365 e. The molecule has 4 aliphatic heterocycles. The molecule has 0 spiro atoms. The Labute approximate surface area is 164 Å². The summed E-state index contributed by atoms with van der Waals surface area (Å²) in [7, 11) is 0. The van der Waals surface area contributed by atoms with Gasteiger partial charge in [0.1, 0.15) is 5.82 Å². The largest absolute Gasteiger partial charge is 0.365 e. The molecular formula is C21H26N6O. The predicted molar refractivity (Wildman–Crippen MR) is 110 cm³/mol. The maximum Gasteiger partial charge on any atom is 0.331 e. The van der Waals surface area contributed by atoms with E-state index in [-0.39, 0.29) is 11.7 Å². The number of anilines is 2. The first-order valence-electron chi connectivity index (χ1n) is 10.3. The molecule has 1 saturated heterocycles. The Hall–Kier alpha value is -2.83. The Bertz CT molecular complexity index is 1000. The van der Waals surface area contributed by atoms with E-state index < -0.39 is 0 Å². The van der Waals surface area contributed by atoms with E-state index in [2.05, 4.69) is 41.4 Å². The van der Waals surface area contributed by atoms with Gasteiger partial charge in [0.2, 0.25) is 5.95 Å². The van der Waals surface area contributed by atoms with E-state index in [0.29, 0.717) is 18.9 Å². The van der Waals surface area contributed by atoms with Crippen molar-refractivity contribution in [2.75, 3.05) is 23.3 Å². The molecule has 4 heterocycles. The lowest BCUT2D eigenvalue weighted by molar-refractivity contribution is 0.560. The highest BCUT2D eigenvalue weighted by Crippen LogP contribution is 2.33. The van der Waals surface area contributed by atoms with Gasteiger partial charge in [-0.1, -0.05) is 37.3 Å². The Balaban J connectivity index is 1.55. The number of nitrogens with zero attached hydrogens (tertiary/aromatic N) is 5. The Morgan fingerprint density at radius 2 is 1.93 bits per heavy atom. The molecule has 1 N–H and O–H groups in total. The zero-order chi connectivity index (χ0) is 19.1. The van der Waals surface area contributed by atoms with Crippen molar-refractivity contribution < 1.29 is 0 Å². The zero-order valence-electron chi connectivity index (χ0n) is 16.3. The van der Waals surface area contributed by atoms with Gasteiger partial charge in [-0.2, -0.15) is 4.98 Å². The number of benzene rings is 1. The summed E-state index contributed by atoms with van der Waals surface area (Å²) in [5.41, 5.74) is 2.11. The molecule has 0 aliphatic carbocycles. The second-order valence-electron chi connectivity index (χ2n) is 7.81. The van der Waals surface area contributed by atoms with Crippen molar-refractivity contribution in [3.05, 3.63) is 46.4 Å². The van der Waals surface area contributed by atoms with Crippen LogP contribution >= 0.6 is 0 Å². The summed E-state index contributed by atoms with van der Waals surface area (Å²) in [6, 6.07) is 10.6. The molecule has 0 unspecified atom stereocenters. The van der Waals surface area contributed by atoms with E-state index in [1.807, 2.05) is 10.6 Å². The van der Waals surface area contributed by atoms with Gasteiger partial charge in [-0.3, -0.25) is 9.13 Å². The highest BCUT2D eigenvalue weighted by Gasteiger charge is 2.32. The van der Waals surface area contributed by atoms with E-state index in [9.17, 15) is 4.79 Å². The molecule has 1 atom stereocenters. The zero-order valence-corrected chi connectivity index (χ0v) is 16.3. The lowest BCUT2D eigenvalue weighted by Crippen LogP contribution is -2.32. The molecule has 5 rings (SSSR count). The first-order chi connectivity index (χ1) is 13.7. The van der Waals surface area contributed by atoms with Gasteiger partial charge in [-0.25, -0.2) is 9.78 Å². The smallest absolute Gasteiger partial charge is 0.331 e. The van der Waals surface area contributed by atoms with Gasteiger partial charge in [0.15, 0.2) is 11.5 Å². The first-order valence-corrected chi connectivity index (χ1v) is 10.3. The standard InChI is InChI=1S/C21H26N6O/c1-2-10-26-19-17(23-20(24-19)25-11-6-7-12-25)18-22-16(14-27(18)21(26)28)13-15-8-4-3-5-9-15/h3-5,8-9,16,22H,2,6-7,10-14H2,1H3/t16-/m1/s1. The van der Waals surface area contributed by atoms with Crippen molar-refractivity contribution in [1.82, 2.24) is 19.1 Å². The molecule has 4 aliphatic rings. The molecule has 0 bridgehead atoms. The van der Waals surface area contributed by atoms with Crippen molar-refractivity contribution >= 4 is 11.8 Å². The van der Waals surface area contributed by atoms with Crippen LogP contribution in [0.25, 0.3) is 11.5 Å². The van der Waals surface area contributed by atoms with Crippen LogP contribution in [0.5, 0.6) is 0 Å². The molecule has 28 heavy (non-hydrogen) atoms. The average Bonchev–Trinajstić information content (AvgIpc) is 3.44. The van der Waals surface area contributed by atoms with Crippen LogP contribution in [0.2, 0.25) is 0 Å². The number of hydrogen-bond donors (Lipinski definition) is 1. The van der Waals surface area contributed by atoms with Crippen LogP contribution in [0.15, 0.2) is 35.1 Å². The topological polar surface area (TPSA) is 68.0 Å². The summed E-state index contributed by atoms with van der Waals surface area (Å²) in [5.74, 6) is 2.30. The van der Waals surface area contributed by atoms with Gasteiger partial charge >= 0.3 is 5.69 Å². The first kappa shape index (κ1) is 17.3. The van der Waals surface area contributed by atoms with Crippen LogP contribution in [-0.2, 0) is 19.5 Å². The monoisotopic (exact) mass is 378 g/mol. The van der Waals surface area contributed by atoms with Crippen molar-refractivity contribution in [3.8, 4) is 11.5 Å². The molecule has 146 valence electrons. The fourth-order valence-electron chi connectivity index (χ4n) is 4.40. The van der Waals surface area contributed by atoms with Crippen LogP contribution in [-0.4, -0.2) is 38.2 Å². The molecular weight excluding hydrogens is 352 g/mol. The molecule has 1 aromatic rings. The van der Waals surface area contributed by atoms with Gasteiger partial charge < -0.3 is 10.2 Å². The molecule has 1 aromatic carbocycles. The number of fused-ring (bicyclic) bond motifs is 3. The van der Waals surface area contributed by atoms with Crippen molar-refractivity contribution in [2.24, 2.45) is 0 Å². The van der Waals surface area contributed by atoms with Gasteiger partial charge in [0.25, 0.3) is 0 Å². The third-order valence-corrected chi connectivity index (χ3v) is 5.75. The Morgan fingerprint density at radius 3 is 2.68 bits per heavy atom. The van der Waals surface area contributed by atoms with Crippen LogP contribution in [0.4, 0.5) is 11.8 Å². The molecule has 1 fully saturated rings. The summed E-state index contributed by atoms with van der Waals surface area (Å²) in [6.07, 6.45) is 4.12. The number of imidazole rings is 1. The van der Waals surface area contributed by atoms with Crippen LogP contribution < -0.4 is 15.9 Å². The molecule has 7 heteroatoms. The number of aromatic nitrogens is 4. The Kier molecular flexibility index (Phi) is 4.30. The normalized spacial score (nSPS) is 18.6. The van der Waals surface area contributed by atoms with Crippen LogP contribution in [0.1, 0.15) is 31.7 Å². The summed E-state index contributed by atoms with van der Waals surface area (Å²) in [5, 5.41) is 3.57. The maximum absolute atomic E-state index is 13.2. The number of rotatable bonds is 5. The van der Waals surface area contributed by atoms with Gasteiger partial charge in [0.05, 0.1) is 0 Å². The molecule has 0 amide bonds. The fraction of sp³-hybridized carbons (Fsp3) is 0.476. The van der Waals surface area contributed by atoms with Gasteiger partial charge in [-0.15, -0.1) is 0 Å². The summed E-state index contributed by atoms with van der Waals surface area (Å²) in [6.45, 7) is 5.40. The number of nitrogens with one attached hydrogen (secondary N) is 1. The van der Waals surface area contributed by atoms with Gasteiger partial charge in [0, 0.05) is 32.2 Å². The highest BCUT2D eigenvalue weighted by atomic mass is 16.1. The fourth-order valence-corrected chi connectivity index (χ4v) is 4.40. The molecule has 7 nitrogen and oxygen atoms in total. The summed E-state index contributed by atoms with van der Waals surface area (Å²) in [4.78, 5) is 25.1. The van der Waals surface area contributed by atoms with E-state index in [4.69, 9.17) is 9.97 Å². The lowest BCUT2D eigenvalue weighted by Gasteiger charge is -2.13. The minimum absolute atomic E-state index is 0.0142. The SMILES string of the molecule is CCCn1c2nc(N3CCCC3)nc-2c2n(c1=O)C[C@@H](Cc1ccccc1)N2. The third-order valence-electron chi connectivity index (χ3n) is 5.75. The van der Waals surface area contributed by atoms with Gasteiger partial charge in [-0.05, 0) is 31.2 Å². The van der Waals surface area contributed by atoms with E-state index in [1.165, 1.54) is 18.4 Å². The average molecular weight is 378 g/mol. The summed E-state index contributed by atoms with van der Waals surface area (Å²) < 4.78 is 3.66. The molecule has 0 radical (unpaired) electrons. The minimum atomic E-state index is 0.0142. The Morgan fingerprint density at radius 1 is 1.14 bits per heavy atom. The van der Waals surface area contributed by atoms with E-state index in [1.54, 1.807) is 4.57 Å². The third kappa shape index (κ3) is 2.85. The van der Waals surface area contributed by atoms with Crippen molar-refractivity contribution in [2.45, 2.75) is 51.7 Å². The summed E-state index contributed by atoms with van der Waals surface area (Å²) >= 11 is 0. The second-order valence-corrected chi connectivity index (χ2v) is 7.81. The van der Waals surface area contributed by atoms with E-state index >= 15 is 0 Å². The van der Waals surface area contributed by atoms with E-state index in [0.717, 1.165) is 43.4 Å². The van der Waals surface area contributed by atoms with Crippen molar-refractivity contribution in [1.29, 1.82) is 0 Å². The highest BCUT2D eigenvalue weighted by molar-refractivity contribution is 5.72. The maximum atomic E-state index is 13.2. The predicted octanol–water partition coefficient (Wildman–Crippen LogP) is 2.59. The number of hydrogen-bond acceptors (Lipinski definition) is 5. The van der Waals surface area contributed by atoms with Crippen LogP contribution in [0.3, 0.4) is 0 Å². The molecule has 0 saturated carbocycles. The lowest BCUT2D eigenvalue weighted by atomic mass is 10.1. The molecule has 0 aromatic heterocycles.